The highest BCUT2D eigenvalue weighted by molar-refractivity contribution is 5.93. The zero-order chi connectivity index (χ0) is 21.3. The second-order valence-electron chi connectivity index (χ2n) is 7.44. The third-order valence-electron chi connectivity index (χ3n) is 4.96. The van der Waals surface area contributed by atoms with Crippen LogP contribution < -0.4 is 15.4 Å². The molecular weight excluding hydrogens is 380 g/mol. The SMILES string of the molecule is CCOc1ccc(CN2CCN(CC(=O)Nc3ccc(NC(C)=O)cc3)CC2)cc1. The normalized spacial score (nSPS) is 14.9. The molecule has 3 rings (SSSR count). The van der Waals surface area contributed by atoms with E-state index in [0.717, 1.165) is 44.2 Å². The lowest BCUT2D eigenvalue weighted by molar-refractivity contribution is -0.117. The van der Waals surface area contributed by atoms with Crippen molar-refractivity contribution in [2.75, 3.05) is 50.0 Å². The Balaban J connectivity index is 1.39. The van der Waals surface area contributed by atoms with E-state index in [9.17, 15) is 9.59 Å². The third kappa shape index (κ3) is 6.86. The summed E-state index contributed by atoms with van der Waals surface area (Å²) in [6.45, 7) is 9.02. The summed E-state index contributed by atoms with van der Waals surface area (Å²) < 4.78 is 5.49. The van der Waals surface area contributed by atoms with E-state index < -0.39 is 0 Å². The van der Waals surface area contributed by atoms with Crippen molar-refractivity contribution < 1.29 is 14.3 Å². The van der Waals surface area contributed by atoms with Gasteiger partial charge in [0.15, 0.2) is 0 Å². The number of ether oxygens (including phenoxy) is 1. The quantitative estimate of drug-likeness (QED) is 0.700. The average molecular weight is 411 g/mol. The van der Waals surface area contributed by atoms with Gasteiger partial charge in [-0.05, 0) is 48.9 Å². The van der Waals surface area contributed by atoms with Gasteiger partial charge in [-0.15, -0.1) is 0 Å². The number of nitrogens with zero attached hydrogens (tertiary/aromatic N) is 2. The van der Waals surface area contributed by atoms with Crippen LogP contribution in [0.4, 0.5) is 11.4 Å². The predicted octanol–water partition coefficient (Wildman–Crippen LogP) is 2.80. The Morgan fingerprint density at radius 3 is 2.00 bits per heavy atom. The van der Waals surface area contributed by atoms with E-state index in [0.29, 0.717) is 18.8 Å². The maximum Gasteiger partial charge on any atom is 0.238 e. The minimum absolute atomic E-state index is 0.0257. The molecule has 7 heteroatoms. The fourth-order valence-corrected chi connectivity index (χ4v) is 3.47. The number of rotatable bonds is 8. The first-order valence-corrected chi connectivity index (χ1v) is 10.4. The van der Waals surface area contributed by atoms with Crippen molar-refractivity contribution in [3.63, 3.8) is 0 Å². The molecule has 0 aliphatic carbocycles. The van der Waals surface area contributed by atoms with Gasteiger partial charge >= 0.3 is 0 Å². The Morgan fingerprint density at radius 1 is 0.867 bits per heavy atom. The van der Waals surface area contributed by atoms with E-state index in [2.05, 4.69) is 32.6 Å². The molecule has 0 bridgehead atoms. The molecule has 2 N–H and O–H groups in total. The van der Waals surface area contributed by atoms with Gasteiger partial charge in [0.2, 0.25) is 11.8 Å². The Bertz CT molecular complexity index is 829. The molecule has 0 radical (unpaired) electrons. The van der Waals surface area contributed by atoms with Gasteiger partial charge in [-0.25, -0.2) is 0 Å². The number of carbonyl (C=O) groups excluding carboxylic acids is 2. The summed E-state index contributed by atoms with van der Waals surface area (Å²) in [6.07, 6.45) is 0. The molecule has 30 heavy (non-hydrogen) atoms. The van der Waals surface area contributed by atoms with Crippen LogP contribution in [0.2, 0.25) is 0 Å². The molecule has 0 saturated carbocycles. The molecule has 1 saturated heterocycles. The molecule has 1 aliphatic rings. The van der Waals surface area contributed by atoms with Crippen LogP contribution in [-0.2, 0) is 16.1 Å². The topological polar surface area (TPSA) is 73.9 Å². The third-order valence-corrected chi connectivity index (χ3v) is 4.96. The smallest absolute Gasteiger partial charge is 0.238 e. The first-order chi connectivity index (χ1) is 14.5. The number of carbonyl (C=O) groups is 2. The molecule has 0 atom stereocenters. The molecule has 7 nitrogen and oxygen atoms in total. The van der Waals surface area contributed by atoms with E-state index in [1.165, 1.54) is 12.5 Å². The van der Waals surface area contributed by atoms with Gasteiger partial charge in [-0.3, -0.25) is 19.4 Å². The minimum Gasteiger partial charge on any atom is -0.494 e. The van der Waals surface area contributed by atoms with Crippen LogP contribution in [0, 0.1) is 0 Å². The van der Waals surface area contributed by atoms with Crippen molar-refractivity contribution in [1.29, 1.82) is 0 Å². The van der Waals surface area contributed by atoms with E-state index in [1.54, 1.807) is 24.3 Å². The summed E-state index contributed by atoms with van der Waals surface area (Å²) in [4.78, 5) is 28.0. The molecular formula is C23H30N4O3. The lowest BCUT2D eigenvalue weighted by Gasteiger charge is -2.34. The predicted molar refractivity (Wildman–Crippen MR) is 119 cm³/mol. The zero-order valence-corrected chi connectivity index (χ0v) is 17.7. The standard InChI is InChI=1S/C23H30N4O3/c1-3-30-22-10-4-19(5-11-22)16-26-12-14-27(15-13-26)17-23(29)25-21-8-6-20(7-9-21)24-18(2)28/h4-11H,3,12-17H2,1-2H3,(H,24,28)(H,25,29). The molecule has 2 aromatic carbocycles. The summed E-state index contributed by atoms with van der Waals surface area (Å²) in [5, 5.41) is 5.63. The van der Waals surface area contributed by atoms with Crippen molar-refractivity contribution in [3.05, 3.63) is 54.1 Å². The highest BCUT2D eigenvalue weighted by atomic mass is 16.5. The van der Waals surface area contributed by atoms with Crippen molar-refractivity contribution in [2.24, 2.45) is 0 Å². The van der Waals surface area contributed by atoms with Crippen LogP contribution >= 0.6 is 0 Å². The highest BCUT2D eigenvalue weighted by Crippen LogP contribution is 2.16. The van der Waals surface area contributed by atoms with Crippen LogP contribution in [0.3, 0.4) is 0 Å². The first kappa shape index (κ1) is 21.8. The van der Waals surface area contributed by atoms with Gasteiger partial charge in [0.25, 0.3) is 0 Å². The number of piperazine rings is 1. The molecule has 160 valence electrons. The molecule has 0 aromatic heterocycles. The average Bonchev–Trinajstić information content (AvgIpc) is 2.72. The molecule has 2 aromatic rings. The summed E-state index contributed by atoms with van der Waals surface area (Å²) in [5.74, 6) is 0.762. The summed E-state index contributed by atoms with van der Waals surface area (Å²) in [5.41, 5.74) is 2.71. The van der Waals surface area contributed by atoms with Gasteiger partial charge < -0.3 is 15.4 Å². The fourth-order valence-electron chi connectivity index (χ4n) is 3.47. The molecule has 0 unspecified atom stereocenters. The molecule has 1 fully saturated rings. The Kier molecular flexibility index (Phi) is 7.82. The second kappa shape index (κ2) is 10.8. The monoisotopic (exact) mass is 410 g/mol. The number of amides is 2. The Morgan fingerprint density at radius 2 is 1.43 bits per heavy atom. The second-order valence-corrected chi connectivity index (χ2v) is 7.44. The fraction of sp³-hybridized carbons (Fsp3) is 0.391. The highest BCUT2D eigenvalue weighted by Gasteiger charge is 2.19. The number of hydrogen-bond donors (Lipinski definition) is 2. The van der Waals surface area contributed by atoms with E-state index in [-0.39, 0.29) is 11.8 Å². The summed E-state index contributed by atoms with van der Waals surface area (Å²) in [7, 11) is 0. The molecule has 0 spiro atoms. The van der Waals surface area contributed by atoms with E-state index in [1.807, 2.05) is 19.1 Å². The Labute approximate surface area is 178 Å². The first-order valence-electron chi connectivity index (χ1n) is 10.4. The van der Waals surface area contributed by atoms with Gasteiger partial charge in [0.05, 0.1) is 13.2 Å². The zero-order valence-electron chi connectivity index (χ0n) is 17.7. The number of nitrogens with one attached hydrogen (secondary N) is 2. The summed E-state index contributed by atoms with van der Waals surface area (Å²) in [6, 6.07) is 15.4. The number of anilines is 2. The van der Waals surface area contributed by atoms with E-state index >= 15 is 0 Å². The van der Waals surface area contributed by atoms with Gasteiger partial charge in [-0.2, -0.15) is 0 Å². The maximum absolute atomic E-state index is 12.4. The minimum atomic E-state index is -0.117. The molecule has 2 amide bonds. The van der Waals surface area contributed by atoms with Crippen molar-refractivity contribution in [1.82, 2.24) is 9.80 Å². The Hall–Kier alpha value is -2.90. The largest absolute Gasteiger partial charge is 0.494 e. The van der Waals surface area contributed by atoms with Gasteiger partial charge in [-0.1, -0.05) is 12.1 Å². The summed E-state index contributed by atoms with van der Waals surface area (Å²) >= 11 is 0. The van der Waals surface area contributed by atoms with Crippen molar-refractivity contribution in [2.45, 2.75) is 20.4 Å². The van der Waals surface area contributed by atoms with Gasteiger partial charge in [0.1, 0.15) is 5.75 Å². The lowest BCUT2D eigenvalue weighted by Crippen LogP contribution is -2.48. The number of benzene rings is 2. The number of hydrogen-bond acceptors (Lipinski definition) is 5. The van der Waals surface area contributed by atoms with E-state index in [4.69, 9.17) is 4.74 Å². The van der Waals surface area contributed by atoms with Crippen molar-refractivity contribution in [3.8, 4) is 5.75 Å². The van der Waals surface area contributed by atoms with Crippen LogP contribution in [0.1, 0.15) is 19.4 Å². The van der Waals surface area contributed by atoms with Gasteiger partial charge in [0, 0.05) is 51.0 Å². The molecule has 1 heterocycles. The van der Waals surface area contributed by atoms with Crippen LogP contribution in [0.25, 0.3) is 0 Å². The van der Waals surface area contributed by atoms with Crippen molar-refractivity contribution >= 4 is 23.2 Å². The molecule has 1 aliphatic heterocycles. The lowest BCUT2D eigenvalue weighted by atomic mass is 10.2. The van der Waals surface area contributed by atoms with Crippen LogP contribution in [-0.4, -0.2) is 60.9 Å². The maximum atomic E-state index is 12.4. The van der Waals surface area contributed by atoms with Crippen LogP contribution in [0.5, 0.6) is 5.75 Å². The van der Waals surface area contributed by atoms with Crippen LogP contribution in [0.15, 0.2) is 48.5 Å².